The summed E-state index contributed by atoms with van der Waals surface area (Å²) in [6, 6.07) is 7.03. The first kappa shape index (κ1) is 16.8. The number of nitrogens with one attached hydrogen (secondary N) is 3. The number of hydrogen-bond acceptors (Lipinski definition) is 4. The highest BCUT2D eigenvalue weighted by molar-refractivity contribution is 7.80. The zero-order valence-corrected chi connectivity index (χ0v) is 12.8. The van der Waals surface area contributed by atoms with Gasteiger partial charge in [0.1, 0.15) is 11.5 Å². The van der Waals surface area contributed by atoms with E-state index in [0.717, 1.165) is 0 Å². The number of carbonyl (C=O) groups excluding carboxylic acids is 1. The Morgan fingerprint density at radius 2 is 2.14 bits per heavy atom. The van der Waals surface area contributed by atoms with Crippen molar-refractivity contribution in [2.24, 2.45) is 0 Å². The largest absolute Gasteiger partial charge is 0.497 e. The van der Waals surface area contributed by atoms with Crippen LogP contribution < -0.4 is 25.6 Å². The summed E-state index contributed by atoms with van der Waals surface area (Å²) in [5.74, 6) is 0.859. The van der Waals surface area contributed by atoms with Gasteiger partial charge in [0.2, 0.25) is 0 Å². The molecule has 1 atom stereocenters. The molecule has 0 heterocycles. The number of benzene rings is 1. The van der Waals surface area contributed by atoms with Crippen molar-refractivity contribution < 1.29 is 14.3 Å². The highest BCUT2D eigenvalue weighted by Gasteiger charge is 2.14. The molecule has 0 radical (unpaired) electrons. The van der Waals surface area contributed by atoms with E-state index in [-0.39, 0.29) is 5.91 Å². The molecule has 0 spiro atoms. The predicted molar refractivity (Wildman–Crippen MR) is 85.2 cm³/mol. The number of ether oxygens (including phenoxy) is 2. The van der Waals surface area contributed by atoms with E-state index >= 15 is 0 Å². The molecule has 114 valence electrons. The zero-order chi connectivity index (χ0) is 15.7. The minimum Gasteiger partial charge on any atom is -0.497 e. The van der Waals surface area contributed by atoms with Gasteiger partial charge >= 0.3 is 0 Å². The van der Waals surface area contributed by atoms with Gasteiger partial charge in [0, 0.05) is 12.6 Å². The summed E-state index contributed by atoms with van der Waals surface area (Å²) in [6.45, 7) is 5.70. The summed E-state index contributed by atoms with van der Waals surface area (Å²) in [7, 11) is 1.57. The maximum absolute atomic E-state index is 11.8. The third-order valence-electron chi connectivity index (χ3n) is 2.43. The fourth-order valence-corrected chi connectivity index (χ4v) is 1.50. The summed E-state index contributed by atoms with van der Waals surface area (Å²) < 4.78 is 10.6. The molecular formula is C14H19N3O3S. The number of hydrogen-bond donors (Lipinski definition) is 3. The number of amides is 1. The number of carbonyl (C=O) groups is 1. The van der Waals surface area contributed by atoms with E-state index in [2.05, 4.69) is 22.7 Å². The van der Waals surface area contributed by atoms with E-state index in [0.29, 0.717) is 23.2 Å². The van der Waals surface area contributed by atoms with E-state index in [1.54, 1.807) is 44.4 Å². The standard InChI is InChI=1S/C14H19N3O3S/c1-4-8-15-14(21)17-16-13(18)10(2)20-12-7-5-6-11(9-12)19-3/h4-7,9-10H,1,8H2,2-3H3,(H,16,18)(H2,15,17,21)/t10-/m0/s1. The van der Waals surface area contributed by atoms with E-state index in [1.165, 1.54) is 0 Å². The fourth-order valence-electron chi connectivity index (χ4n) is 1.36. The van der Waals surface area contributed by atoms with Crippen LogP contribution in [-0.4, -0.2) is 30.8 Å². The predicted octanol–water partition coefficient (Wildman–Crippen LogP) is 1.14. The van der Waals surface area contributed by atoms with Crippen LogP contribution in [0.25, 0.3) is 0 Å². The molecule has 1 aromatic rings. The van der Waals surface area contributed by atoms with Crippen molar-refractivity contribution in [3.63, 3.8) is 0 Å². The summed E-state index contributed by atoms with van der Waals surface area (Å²) >= 11 is 4.94. The van der Waals surface area contributed by atoms with Crippen LogP contribution in [0.15, 0.2) is 36.9 Å². The molecule has 0 saturated heterocycles. The number of rotatable bonds is 6. The third-order valence-corrected chi connectivity index (χ3v) is 2.68. The van der Waals surface area contributed by atoms with Crippen LogP contribution in [0.5, 0.6) is 11.5 Å². The average molecular weight is 309 g/mol. The minimum atomic E-state index is -0.688. The Hall–Kier alpha value is -2.28. The maximum atomic E-state index is 11.8. The maximum Gasteiger partial charge on any atom is 0.279 e. The zero-order valence-electron chi connectivity index (χ0n) is 12.0. The van der Waals surface area contributed by atoms with Crippen molar-refractivity contribution in [2.45, 2.75) is 13.0 Å². The van der Waals surface area contributed by atoms with E-state index in [1.807, 2.05) is 0 Å². The molecule has 1 amide bonds. The first-order chi connectivity index (χ1) is 10.1. The molecule has 7 heteroatoms. The van der Waals surface area contributed by atoms with E-state index in [4.69, 9.17) is 21.7 Å². The molecular weight excluding hydrogens is 290 g/mol. The highest BCUT2D eigenvalue weighted by Crippen LogP contribution is 2.19. The molecule has 0 saturated carbocycles. The third kappa shape index (κ3) is 6.13. The van der Waals surface area contributed by atoms with Crippen LogP contribution in [0.4, 0.5) is 0 Å². The van der Waals surface area contributed by atoms with Crippen molar-refractivity contribution in [1.82, 2.24) is 16.2 Å². The van der Waals surface area contributed by atoms with Crippen LogP contribution in [0.2, 0.25) is 0 Å². The molecule has 0 fully saturated rings. The van der Waals surface area contributed by atoms with Crippen LogP contribution >= 0.6 is 12.2 Å². The van der Waals surface area contributed by atoms with Crippen LogP contribution in [-0.2, 0) is 4.79 Å². The number of methoxy groups -OCH3 is 1. The molecule has 6 nitrogen and oxygen atoms in total. The summed E-state index contributed by atoms with van der Waals surface area (Å²) in [4.78, 5) is 11.8. The SMILES string of the molecule is C=CCNC(=S)NNC(=O)[C@H](C)Oc1cccc(OC)c1. The Kier molecular flexibility index (Phi) is 7.03. The van der Waals surface area contributed by atoms with Crippen molar-refractivity contribution in [3.05, 3.63) is 36.9 Å². The molecule has 0 bridgehead atoms. The summed E-state index contributed by atoms with van der Waals surface area (Å²) in [5.41, 5.74) is 5.03. The Bertz CT molecular complexity index is 508. The number of thiocarbonyl (C=S) groups is 1. The van der Waals surface area contributed by atoms with Crippen molar-refractivity contribution in [3.8, 4) is 11.5 Å². The molecule has 0 aromatic heterocycles. The van der Waals surface area contributed by atoms with Crippen LogP contribution in [0, 0.1) is 0 Å². The first-order valence-corrected chi connectivity index (χ1v) is 6.73. The summed E-state index contributed by atoms with van der Waals surface area (Å²) in [5, 5.41) is 3.12. The topological polar surface area (TPSA) is 71.6 Å². The van der Waals surface area contributed by atoms with Gasteiger partial charge in [-0.1, -0.05) is 12.1 Å². The van der Waals surface area contributed by atoms with Gasteiger partial charge in [0.25, 0.3) is 5.91 Å². The van der Waals surface area contributed by atoms with Crippen molar-refractivity contribution in [1.29, 1.82) is 0 Å². The minimum absolute atomic E-state index is 0.303. The highest BCUT2D eigenvalue weighted by atomic mass is 32.1. The molecule has 0 unspecified atom stereocenters. The van der Waals surface area contributed by atoms with Gasteiger partial charge in [-0.2, -0.15) is 0 Å². The second-order valence-electron chi connectivity index (χ2n) is 4.05. The molecule has 0 aliphatic rings. The van der Waals surface area contributed by atoms with Gasteiger partial charge in [0.05, 0.1) is 7.11 Å². The van der Waals surface area contributed by atoms with Gasteiger partial charge in [-0.05, 0) is 31.3 Å². The lowest BCUT2D eigenvalue weighted by Crippen LogP contribution is -2.50. The molecule has 21 heavy (non-hydrogen) atoms. The van der Waals surface area contributed by atoms with Gasteiger partial charge in [-0.15, -0.1) is 6.58 Å². The first-order valence-electron chi connectivity index (χ1n) is 6.32. The lowest BCUT2D eigenvalue weighted by molar-refractivity contribution is -0.127. The van der Waals surface area contributed by atoms with Crippen molar-refractivity contribution in [2.75, 3.05) is 13.7 Å². The monoisotopic (exact) mass is 309 g/mol. The van der Waals surface area contributed by atoms with Gasteiger partial charge in [0.15, 0.2) is 11.2 Å². The average Bonchev–Trinajstić information content (AvgIpc) is 2.50. The Morgan fingerprint density at radius 1 is 1.43 bits per heavy atom. The second kappa shape index (κ2) is 8.80. The van der Waals surface area contributed by atoms with E-state index in [9.17, 15) is 4.79 Å². The smallest absolute Gasteiger partial charge is 0.279 e. The van der Waals surface area contributed by atoms with Gasteiger partial charge in [-0.25, -0.2) is 0 Å². The Morgan fingerprint density at radius 3 is 2.81 bits per heavy atom. The second-order valence-corrected chi connectivity index (χ2v) is 4.46. The van der Waals surface area contributed by atoms with Crippen LogP contribution in [0.3, 0.4) is 0 Å². The molecule has 1 aromatic carbocycles. The number of hydrazine groups is 1. The molecule has 3 N–H and O–H groups in total. The summed E-state index contributed by atoms with van der Waals surface area (Å²) in [6.07, 6.45) is 0.969. The van der Waals surface area contributed by atoms with Gasteiger partial charge < -0.3 is 14.8 Å². The molecule has 0 aliphatic heterocycles. The lowest BCUT2D eigenvalue weighted by Gasteiger charge is -2.16. The molecule has 0 aliphatic carbocycles. The lowest BCUT2D eigenvalue weighted by atomic mass is 10.3. The quantitative estimate of drug-likeness (QED) is 0.416. The van der Waals surface area contributed by atoms with Gasteiger partial charge in [-0.3, -0.25) is 15.6 Å². The fraction of sp³-hybridized carbons (Fsp3) is 0.286. The Labute approximate surface area is 129 Å². The normalized spacial score (nSPS) is 11.0. The Balaban J connectivity index is 2.43. The van der Waals surface area contributed by atoms with E-state index < -0.39 is 6.10 Å². The van der Waals surface area contributed by atoms with Crippen LogP contribution in [0.1, 0.15) is 6.92 Å². The van der Waals surface area contributed by atoms with Crippen molar-refractivity contribution >= 4 is 23.2 Å². The molecule has 1 rings (SSSR count).